The summed E-state index contributed by atoms with van der Waals surface area (Å²) in [5.74, 6) is -0.0296. The number of ether oxygens (including phenoxy) is 1. The number of rotatable bonds is 5. The fourth-order valence-electron chi connectivity index (χ4n) is 1.74. The van der Waals surface area contributed by atoms with Gasteiger partial charge in [0.05, 0.1) is 23.8 Å². The van der Waals surface area contributed by atoms with Gasteiger partial charge in [0.25, 0.3) is 5.91 Å². The second-order valence-corrected chi connectivity index (χ2v) is 5.07. The first-order valence-electron chi connectivity index (χ1n) is 6.26. The number of para-hydroxylation sites is 1. The predicted octanol–water partition coefficient (Wildman–Crippen LogP) is 0.779. The van der Waals surface area contributed by atoms with Crippen LogP contribution in [-0.2, 0) is 4.79 Å². The van der Waals surface area contributed by atoms with E-state index in [1.807, 2.05) is 0 Å². The normalized spacial score (nSPS) is 10.8. The zero-order chi connectivity index (χ0) is 15.3. The van der Waals surface area contributed by atoms with Crippen LogP contribution in [0.3, 0.4) is 0 Å². The molecule has 0 saturated carbocycles. The highest BCUT2D eigenvalue weighted by Gasteiger charge is 2.27. The third-order valence-electron chi connectivity index (χ3n) is 3.06. The number of nitrogens with two attached hydrogens (primary N) is 1. The van der Waals surface area contributed by atoms with E-state index in [-0.39, 0.29) is 24.0 Å². The zero-order valence-corrected chi connectivity index (χ0v) is 12.2. The van der Waals surface area contributed by atoms with Crippen LogP contribution in [0, 0.1) is 5.41 Å². The molecule has 0 aliphatic carbocycles. The number of methoxy groups -OCH3 is 1. The highest BCUT2D eigenvalue weighted by atomic mass is 16.5. The molecule has 0 radical (unpaired) electrons. The average Bonchev–Trinajstić information content (AvgIpc) is 2.44. The first-order valence-corrected chi connectivity index (χ1v) is 6.26. The SMILES string of the molecule is CNC(=O)C(C)(C)CNC(=O)c1cccc(OC)c1N. The van der Waals surface area contributed by atoms with Crippen molar-refractivity contribution in [1.29, 1.82) is 0 Å². The Morgan fingerprint density at radius 1 is 1.35 bits per heavy atom. The lowest BCUT2D eigenvalue weighted by Crippen LogP contribution is -2.43. The summed E-state index contributed by atoms with van der Waals surface area (Å²) in [5, 5.41) is 5.27. The number of nitrogens with one attached hydrogen (secondary N) is 2. The number of carbonyl (C=O) groups is 2. The van der Waals surface area contributed by atoms with Crippen molar-refractivity contribution >= 4 is 17.5 Å². The lowest BCUT2D eigenvalue weighted by atomic mass is 9.92. The molecular weight excluding hydrogens is 258 g/mol. The van der Waals surface area contributed by atoms with Crippen LogP contribution in [0.2, 0.25) is 0 Å². The Bertz CT molecular complexity index is 512. The van der Waals surface area contributed by atoms with Gasteiger partial charge in [-0.3, -0.25) is 9.59 Å². The molecule has 0 fully saturated rings. The van der Waals surface area contributed by atoms with E-state index in [1.54, 1.807) is 39.1 Å². The van der Waals surface area contributed by atoms with E-state index in [4.69, 9.17) is 10.5 Å². The van der Waals surface area contributed by atoms with E-state index in [0.29, 0.717) is 11.3 Å². The highest BCUT2D eigenvalue weighted by Crippen LogP contribution is 2.24. The van der Waals surface area contributed by atoms with E-state index in [2.05, 4.69) is 10.6 Å². The van der Waals surface area contributed by atoms with Crippen molar-refractivity contribution in [3.63, 3.8) is 0 Å². The van der Waals surface area contributed by atoms with E-state index in [1.165, 1.54) is 7.11 Å². The minimum Gasteiger partial charge on any atom is -0.495 e. The summed E-state index contributed by atoms with van der Waals surface area (Å²) in [4.78, 5) is 23.8. The maximum atomic E-state index is 12.1. The summed E-state index contributed by atoms with van der Waals surface area (Å²) in [6.45, 7) is 3.71. The van der Waals surface area contributed by atoms with Crippen molar-refractivity contribution in [2.75, 3.05) is 26.4 Å². The minimum atomic E-state index is -0.696. The van der Waals surface area contributed by atoms with Crippen LogP contribution >= 0.6 is 0 Å². The Morgan fingerprint density at radius 2 is 2.00 bits per heavy atom. The smallest absolute Gasteiger partial charge is 0.253 e. The molecular formula is C14H21N3O3. The number of anilines is 1. The predicted molar refractivity (Wildman–Crippen MR) is 77.6 cm³/mol. The number of hydrogen-bond acceptors (Lipinski definition) is 4. The molecule has 0 spiro atoms. The molecule has 2 amide bonds. The Balaban J connectivity index is 2.80. The first kappa shape index (κ1) is 15.8. The molecule has 110 valence electrons. The molecule has 0 saturated heterocycles. The summed E-state index contributed by atoms with van der Waals surface area (Å²) in [6, 6.07) is 4.98. The van der Waals surface area contributed by atoms with Gasteiger partial charge in [0.1, 0.15) is 5.75 Å². The monoisotopic (exact) mass is 279 g/mol. The van der Waals surface area contributed by atoms with E-state index >= 15 is 0 Å². The Hall–Kier alpha value is -2.24. The van der Waals surface area contributed by atoms with Gasteiger partial charge < -0.3 is 21.1 Å². The van der Waals surface area contributed by atoms with Crippen LogP contribution in [-0.4, -0.2) is 32.5 Å². The van der Waals surface area contributed by atoms with E-state index in [0.717, 1.165) is 0 Å². The number of hydrogen-bond donors (Lipinski definition) is 3. The topological polar surface area (TPSA) is 93.5 Å². The maximum Gasteiger partial charge on any atom is 0.253 e. The van der Waals surface area contributed by atoms with E-state index in [9.17, 15) is 9.59 Å². The van der Waals surface area contributed by atoms with Gasteiger partial charge in [-0.15, -0.1) is 0 Å². The number of amides is 2. The van der Waals surface area contributed by atoms with Crippen LogP contribution in [0.25, 0.3) is 0 Å². The number of nitrogen functional groups attached to an aromatic ring is 1. The van der Waals surface area contributed by atoms with Gasteiger partial charge in [0.2, 0.25) is 5.91 Å². The molecule has 4 N–H and O–H groups in total. The summed E-state index contributed by atoms with van der Waals surface area (Å²) >= 11 is 0. The van der Waals surface area contributed by atoms with Crippen molar-refractivity contribution in [1.82, 2.24) is 10.6 Å². The molecule has 0 aliphatic rings. The van der Waals surface area contributed by atoms with Gasteiger partial charge in [-0.2, -0.15) is 0 Å². The lowest BCUT2D eigenvalue weighted by Gasteiger charge is -2.23. The van der Waals surface area contributed by atoms with Crippen molar-refractivity contribution in [3.05, 3.63) is 23.8 Å². The Kier molecular flexibility index (Phi) is 4.96. The molecule has 0 aliphatic heterocycles. The summed E-state index contributed by atoms with van der Waals surface area (Å²) in [5.41, 5.74) is 5.77. The summed E-state index contributed by atoms with van der Waals surface area (Å²) in [6.07, 6.45) is 0. The van der Waals surface area contributed by atoms with Crippen molar-refractivity contribution in [2.45, 2.75) is 13.8 Å². The molecule has 1 aromatic carbocycles. The van der Waals surface area contributed by atoms with Gasteiger partial charge in [0.15, 0.2) is 0 Å². The number of carbonyl (C=O) groups excluding carboxylic acids is 2. The zero-order valence-electron chi connectivity index (χ0n) is 12.2. The van der Waals surface area contributed by atoms with Gasteiger partial charge in [-0.1, -0.05) is 6.07 Å². The van der Waals surface area contributed by atoms with Crippen molar-refractivity contribution in [3.8, 4) is 5.75 Å². The highest BCUT2D eigenvalue weighted by molar-refractivity contribution is 6.00. The van der Waals surface area contributed by atoms with E-state index < -0.39 is 5.41 Å². The molecule has 20 heavy (non-hydrogen) atoms. The standard InChI is InChI=1S/C14H21N3O3/c1-14(2,13(19)16-3)8-17-12(18)9-6-5-7-10(20-4)11(9)15/h5-7H,8,15H2,1-4H3,(H,16,19)(H,17,18). The summed E-state index contributed by atoms with van der Waals surface area (Å²) in [7, 11) is 3.05. The second kappa shape index (κ2) is 6.27. The quantitative estimate of drug-likeness (QED) is 0.694. The van der Waals surface area contributed by atoms with Crippen LogP contribution < -0.4 is 21.1 Å². The van der Waals surface area contributed by atoms with Crippen molar-refractivity contribution in [2.24, 2.45) is 5.41 Å². The molecule has 6 heteroatoms. The fourth-order valence-corrected chi connectivity index (χ4v) is 1.74. The van der Waals surface area contributed by atoms with Crippen molar-refractivity contribution < 1.29 is 14.3 Å². The first-order chi connectivity index (χ1) is 9.33. The Morgan fingerprint density at radius 3 is 2.55 bits per heavy atom. The van der Waals surface area contributed by atoms with Gasteiger partial charge >= 0.3 is 0 Å². The van der Waals surface area contributed by atoms with Crippen LogP contribution in [0.4, 0.5) is 5.69 Å². The lowest BCUT2D eigenvalue weighted by molar-refractivity contribution is -0.128. The fraction of sp³-hybridized carbons (Fsp3) is 0.429. The third-order valence-corrected chi connectivity index (χ3v) is 3.06. The minimum absolute atomic E-state index is 0.142. The largest absolute Gasteiger partial charge is 0.495 e. The van der Waals surface area contributed by atoms with Gasteiger partial charge in [-0.25, -0.2) is 0 Å². The van der Waals surface area contributed by atoms with Crippen LogP contribution in [0.1, 0.15) is 24.2 Å². The van der Waals surface area contributed by atoms with Crippen LogP contribution in [0.15, 0.2) is 18.2 Å². The molecule has 0 unspecified atom stereocenters. The molecule has 1 rings (SSSR count). The molecule has 1 aromatic rings. The van der Waals surface area contributed by atoms with Gasteiger partial charge in [-0.05, 0) is 26.0 Å². The molecule has 0 atom stereocenters. The third kappa shape index (κ3) is 3.40. The molecule has 6 nitrogen and oxygen atoms in total. The average molecular weight is 279 g/mol. The summed E-state index contributed by atoms with van der Waals surface area (Å²) < 4.78 is 5.07. The Labute approximate surface area is 118 Å². The van der Waals surface area contributed by atoms with Crippen LogP contribution in [0.5, 0.6) is 5.75 Å². The number of benzene rings is 1. The molecule has 0 bridgehead atoms. The second-order valence-electron chi connectivity index (χ2n) is 5.07. The molecule has 0 heterocycles. The maximum absolute atomic E-state index is 12.1. The molecule has 0 aromatic heterocycles. The van der Waals surface area contributed by atoms with Gasteiger partial charge in [0, 0.05) is 13.6 Å².